The highest BCUT2D eigenvalue weighted by Gasteiger charge is 2.41. The summed E-state index contributed by atoms with van der Waals surface area (Å²) in [5.74, 6) is -0.372. The number of halogens is 1. The van der Waals surface area contributed by atoms with E-state index in [1.807, 2.05) is 18.7 Å². The molecule has 0 aromatic heterocycles. The van der Waals surface area contributed by atoms with Gasteiger partial charge in [0, 0.05) is 13.1 Å². The summed E-state index contributed by atoms with van der Waals surface area (Å²) in [5.41, 5.74) is 0.139. The zero-order valence-electron chi connectivity index (χ0n) is 11.5. The number of nitrogens with one attached hydrogen (secondary N) is 2. The van der Waals surface area contributed by atoms with Crippen LogP contribution >= 0.6 is 0 Å². The van der Waals surface area contributed by atoms with Crippen LogP contribution in [0.1, 0.15) is 13.8 Å². The van der Waals surface area contributed by atoms with Gasteiger partial charge in [0.05, 0.1) is 11.2 Å². The Morgan fingerprint density at radius 2 is 2.16 bits per heavy atom. The van der Waals surface area contributed by atoms with Crippen molar-refractivity contribution < 1.29 is 9.18 Å². The maximum atomic E-state index is 14.1. The first-order valence-corrected chi connectivity index (χ1v) is 6.43. The van der Waals surface area contributed by atoms with Crippen LogP contribution in [0.4, 0.5) is 10.1 Å². The third-order valence-electron chi connectivity index (χ3n) is 3.47. The molecule has 2 rings (SSSR count). The summed E-state index contributed by atoms with van der Waals surface area (Å²) < 4.78 is 14.1. The van der Waals surface area contributed by atoms with Crippen LogP contribution in [0.3, 0.4) is 0 Å². The number of amides is 1. The molecule has 1 aromatic rings. The standard InChI is InChI=1S/C14H20FN3O/c1-14(2)9-17-13(19)12(8-16-3)18(14)11-7-5-4-6-10(11)15/h4-7,12,16H,8-9H2,1-3H3,(H,17,19). The van der Waals surface area contributed by atoms with E-state index in [0.29, 0.717) is 18.8 Å². The highest BCUT2D eigenvalue weighted by atomic mass is 19.1. The molecule has 1 saturated heterocycles. The zero-order valence-corrected chi connectivity index (χ0v) is 11.5. The van der Waals surface area contributed by atoms with Gasteiger partial charge in [0.15, 0.2) is 0 Å². The van der Waals surface area contributed by atoms with Crippen LogP contribution in [0.5, 0.6) is 0 Å². The Labute approximate surface area is 113 Å². The Bertz CT molecular complexity index is 476. The number of anilines is 1. The van der Waals surface area contributed by atoms with Gasteiger partial charge >= 0.3 is 0 Å². The molecule has 1 aliphatic rings. The van der Waals surface area contributed by atoms with E-state index in [4.69, 9.17) is 0 Å². The topological polar surface area (TPSA) is 44.4 Å². The summed E-state index contributed by atoms with van der Waals surface area (Å²) in [5, 5.41) is 5.88. The minimum atomic E-state index is -0.411. The van der Waals surface area contributed by atoms with E-state index in [9.17, 15) is 9.18 Å². The van der Waals surface area contributed by atoms with Gasteiger partial charge in [-0.05, 0) is 33.0 Å². The largest absolute Gasteiger partial charge is 0.352 e. The van der Waals surface area contributed by atoms with Crippen LogP contribution in [-0.4, -0.2) is 37.6 Å². The quantitative estimate of drug-likeness (QED) is 0.861. The Morgan fingerprint density at radius 1 is 1.47 bits per heavy atom. The van der Waals surface area contributed by atoms with Gasteiger partial charge in [-0.1, -0.05) is 12.1 Å². The molecule has 19 heavy (non-hydrogen) atoms. The number of benzene rings is 1. The number of hydrogen-bond acceptors (Lipinski definition) is 3. The van der Waals surface area contributed by atoms with Crippen molar-refractivity contribution in [3.05, 3.63) is 30.1 Å². The van der Waals surface area contributed by atoms with Crippen molar-refractivity contribution in [3.63, 3.8) is 0 Å². The third-order valence-corrected chi connectivity index (χ3v) is 3.47. The Kier molecular flexibility index (Phi) is 3.75. The highest BCUT2D eigenvalue weighted by molar-refractivity contribution is 5.87. The Balaban J connectivity index is 2.46. The average molecular weight is 265 g/mol. The maximum Gasteiger partial charge on any atom is 0.244 e. The molecule has 1 atom stereocenters. The van der Waals surface area contributed by atoms with E-state index in [1.54, 1.807) is 25.2 Å². The van der Waals surface area contributed by atoms with Gasteiger partial charge in [0.1, 0.15) is 11.9 Å². The molecular formula is C14H20FN3O. The normalized spacial score (nSPS) is 22.2. The van der Waals surface area contributed by atoms with Gasteiger partial charge in [0.25, 0.3) is 0 Å². The van der Waals surface area contributed by atoms with E-state index < -0.39 is 6.04 Å². The van der Waals surface area contributed by atoms with Crippen LogP contribution in [0.25, 0.3) is 0 Å². The van der Waals surface area contributed by atoms with Crippen LogP contribution in [0.2, 0.25) is 0 Å². The van der Waals surface area contributed by atoms with Crippen molar-refractivity contribution in [2.75, 3.05) is 25.0 Å². The van der Waals surface area contributed by atoms with Crippen LogP contribution in [0, 0.1) is 5.82 Å². The summed E-state index contributed by atoms with van der Waals surface area (Å²) >= 11 is 0. The second-order valence-electron chi connectivity index (χ2n) is 5.43. The molecule has 1 unspecified atom stereocenters. The fourth-order valence-electron chi connectivity index (χ4n) is 2.56. The van der Waals surface area contributed by atoms with E-state index in [-0.39, 0.29) is 17.3 Å². The number of piperazine rings is 1. The maximum absolute atomic E-state index is 14.1. The number of nitrogens with zero attached hydrogens (tertiary/aromatic N) is 1. The summed E-state index contributed by atoms with van der Waals surface area (Å²) in [6.45, 7) is 4.98. The summed E-state index contributed by atoms with van der Waals surface area (Å²) in [4.78, 5) is 13.9. The molecule has 1 heterocycles. The van der Waals surface area contributed by atoms with E-state index >= 15 is 0 Å². The predicted molar refractivity (Wildman–Crippen MR) is 73.7 cm³/mol. The number of rotatable bonds is 3. The van der Waals surface area contributed by atoms with Crippen LogP contribution < -0.4 is 15.5 Å². The molecule has 1 aliphatic heterocycles. The van der Waals surface area contributed by atoms with Gasteiger partial charge in [-0.25, -0.2) is 4.39 Å². The summed E-state index contributed by atoms with van der Waals surface area (Å²) in [6, 6.07) is 6.18. The molecule has 0 radical (unpaired) electrons. The first kappa shape index (κ1) is 13.8. The molecule has 0 spiro atoms. The van der Waals surface area contributed by atoms with Crippen molar-refractivity contribution >= 4 is 11.6 Å². The van der Waals surface area contributed by atoms with E-state index in [1.165, 1.54) is 6.07 Å². The minimum absolute atomic E-state index is 0.0723. The highest BCUT2D eigenvalue weighted by Crippen LogP contribution is 2.30. The lowest BCUT2D eigenvalue weighted by Gasteiger charge is -2.48. The van der Waals surface area contributed by atoms with Gasteiger partial charge in [0.2, 0.25) is 5.91 Å². The molecule has 0 saturated carbocycles. The van der Waals surface area contributed by atoms with Crippen LogP contribution in [-0.2, 0) is 4.79 Å². The number of para-hydroxylation sites is 1. The van der Waals surface area contributed by atoms with E-state index in [2.05, 4.69) is 10.6 Å². The van der Waals surface area contributed by atoms with Crippen molar-refractivity contribution in [1.82, 2.24) is 10.6 Å². The number of likely N-dealkylation sites (N-methyl/N-ethyl adjacent to an activating group) is 1. The van der Waals surface area contributed by atoms with Crippen molar-refractivity contribution in [2.24, 2.45) is 0 Å². The van der Waals surface area contributed by atoms with Crippen molar-refractivity contribution in [2.45, 2.75) is 25.4 Å². The molecular weight excluding hydrogens is 245 g/mol. The molecule has 2 N–H and O–H groups in total. The zero-order chi connectivity index (χ0) is 14.0. The fraction of sp³-hybridized carbons (Fsp3) is 0.500. The second kappa shape index (κ2) is 5.17. The Hall–Kier alpha value is -1.62. The molecule has 4 nitrogen and oxygen atoms in total. The van der Waals surface area contributed by atoms with Crippen molar-refractivity contribution in [1.29, 1.82) is 0 Å². The lowest BCUT2D eigenvalue weighted by atomic mass is 9.94. The van der Waals surface area contributed by atoms with E-state index in [0.717, 1.165) is 0 Å². The van der Waals surface area contributed by atoms with Gasteiger partial charge in [-0.2, -0.15) is 0 Å². The molecule has 0 aliphatic carbocycles. The second-order valence-corrected chi connectivity index (χ2v) is 5.43. The van der Waals surface area contributed by atoms with Gasteiger partial charge < -0.3 is 15.5 Å². The summed E-state index contributed by atoms with van der Waals surface area (Å²) in [7, 11) is 1.79. The lowest BCUT2D eigenvalue weighted by Crippen LogP contribution is -2.68. The predicted octanol–water partition coefficient (Wildman–Crippen LogP) is 1.13. The molecule has 1 amide bonds. The number of hydrogen-bond donors (Lipinski definition) is 2. The van der Waals surface area contributed by atoms with Crippen molar-refractivity contribution in [3.8, 4) is 0 Å². The molecule has 1 fully saturated rings. The van der Waals surface area contributed by atoms with Gasteiger partial charge in [-0.15, -0.1) is 0 Å². The lowest BCUT2D eigenvalue weighted by molar-refractivity contribution is -0.124. The molecule has 104 valence electrons. The number of carbonyl (C=O) groups excluding carboxylic acids is 1. The molecule has 1 aromatic carbocycles. The first-order chi connectivity index (χ1) is 8.97. The summed E-state index contributed by atoms with van der Waals surface area (Å²) in [6.07, 6.45) is 0. The average Bonchev–Trinajstić information content (AvgIpc) is 2.36. The monoisotopic (exact) mass is 265 g/mol. The minimum Gasteiger partial charge on any atom is -0.352 e. The van der Waals surface area contributed by atoms with Gasteiger partial charge in [-0.3, -0.25) is 4.79 Å². The van der Waals surface area contributed by atoms with Crippen LogP contribution in [0.15, 0.2) is 24.3 Å². The first-order valence-electron chi connectivity index (χ1n) is 6.43. The SMILES string of the molecule is CNCC1C(=O)NCC(C)(C)N1c1ccccc1F. The molecule has 5 heteroatoms. The fourth-order valence-corrected chi connectivity index (χ4v) is 2.56. The Morgan fingerprint density at radius 3 is 2.79 bits per heavy atom. The number of carbonyl (C=O) groups is 1. The third kappa shape index (κ3) is 2.56. The molecule has 0 bridgehead atoms. The smallest absolute Gasteiger partial charge is 0.244 e.